The third-order valence-corrected chi connectivity index (χ3v) is 5.65. The second-order valence-corrected chi connectivity index (χ2v) is 6.89. The summed E-state index contributed by atoms with van der Waals surface area (Å²) in [5, 5.41) is 5.80. The molecule has 2 unspecified atom stereocenters. The molecule has 1 aromatic heterocycles. The Bertz CT molecular complexity index is 547. The molecular formula is C15H17NS2. The quantitative estimate of drug-likeness (QED) is 0.900. The van der Waals surface area contributed by atoms with Gasteiger partial charge in [-0.1, -0.05) is 18.2 Å². The lowest BCUT2D eigenvalue weighted by Crippen LogP contribution is -2.23. The minimum atomic E-state index is 0.436. The van der Waals surface area contributed by atoms with Crippen molar-refractivity contribution in [3.05, 3.63) is 51.7 Å². The van der Waals surface area contributed by atoms with Crippen molar-refractivity contribution in [2.75, 3.05) is 12.8 Å². The first-order valence-electron chi connectivity index (χ1n) is 6.23. The largest absolute Gasteiger partial charge is 0.312 e. The van der Waals surface area contributed by atoms with Crippen molar-refractivity contribution < 1.29 is 0 Å². The molecule has 0 bridgehead atoms. The molecule has 2 heterocycles. The van der Waals surface area contributed by atoms with Gasteiger partial charge in [-0.2, -0.15) is 0 Å². The molecule has 1 nitrogen and oxygen atoms in total. The SMILES string of the molecule is CNC(c1csc(C)c1)C1CSc2ccccc21. The standard InChI is InChI=1S/C15H17NS2/c1-10-7-11(8-17-10)15(16-2)13-9-18-14-6-4-3-5-12(13)14/h3-8,13,15-16H,9H2,1-2H3. The summed E-state index contributed by atoms with van der Waals surface area (Å²) >= 11 is 3.83. The smallest absolute Gasteiger partial charge is 0.0404 e. The third kappa shape index (κ3) is 2.11. The Kier molecular flexibility index (Phi) is 3.46. The van der Waals surface area contributed by atoms with Gasteiger partial charge in [0.2, 0.25) is 0 Å². The van der Waals surface area contributed by atoms with E-state index in [-0.39, 0.29) is 0 Å². The summed E-state index contributed by atoms with van der Waals surface area (Å²) in [5.74, 6) is 1.77. The molecule has 94 valence electrons. The maximum absolute atomic E-state index is 3.51. The predicted octanol–water partition coefficient (Wildman–Crippen LogP) is 4.21. The van der Waals surface area contributed by atoms with E-state index >= 15 is 0 Å². The van der Waals surface area contributed by atoms with Crippen LogP contribution in [0.15, 0.2) is 40.6 Å². The summed E-state index contributed by atoms with van der Waals surface area (Å²) in [7, 11) is 2.07. The molecule has 0 saturated carbocycles. The Morgan fingerprint density at radius 1 is 1.33 bits per heavy atom. The molecule has 0 fully saturated rings. The molecule has 0 saturated heterocycles. The molecule has 2 aromatic rings. The molecule has 2 atom stereocenters. The van der Waals surface area contributed by atoms with Crippen molar-refractivity contribution in [2.24, 2.45) is 0 Å². The fourth-order valence-corrected chi connectivity index (χ4v) is 4.72. The number of likely N-dealkylation sites (N-methyl/N-ethyl adjacent to an activating group) is 1. The number of fused-ring (bicyclic) bond motifs is 1. The Morgan fingerprint density at radius 2 is 2.17 bits per heavy atom. The van der Waals surface area contributed by atoms with Crippen LogP contribution < -0.4 is 5.32 Å². The summed E-state index contributed by atoms with van der Waals surface area (Å²) in [4.78, 5) is 2.85. The zero-order valence-corrected chi connectivity index (χ0v) is 12.3. The van der Waals surface area contributed by atoms with Crippen LogP contribution in [-0.2, 0) is 0 Å². The Labute approximate surface area is 117 Å². The van der Waals surface area contributed by atoms with Crippen LogP contribution in [0.1, 0.15) is 28.0 Å². The zero-order chi connectivity index (χ0) is 12.5. The lowest BCUT2D eigenvalue weighted by Gasteiger charge is -2.22. The number of nitrogens with one attached hydrogen (secondary N) is 1. The fourth-order valence-electron chi connectivity index (χ4n) is 2.69. The highest BCUT2D eigenvalue weighted by Crippen LogP contribution is 2.45. The van der Waals surface area contributed by atoms with Gasteiger partial charge in [-0.15, -0.1) is 23.1 Å². The van der Waals surface area contributed by atoms with E-state index in [9.17, 15) is 0 Å². The van der Waals surface area contributed by atoms with Gasteiger partial charge in [-0.3, -0.25) is 0 Å². The minimum Gasteiger partial charge on any atom is -0.312 e. The molecule has 0 spiro atoms. The highest BCUT2D eigenvalue weighted by Gasteiger charge is 2.30. The second kappa shape index (κ2) is 5.08. The van der Waals surface area contributed by atoms with E-state index in [0.717, 1.165) is 0 Å². The highest BCUT2D eigenvalue weighted by molar-refractivity contribution is 7.99. The van der Waals surface area contributed by atoms with E-state index in [0.29, 0.717) is 12.0 Å². The molecule has 1 N–H and O–H groups in total. The average molecular weight is 275 g/mol. The van der Waals surface area contributed by atoms with Crippen LogP contribution in [0, 0.1) is 6.92 Å². The van der Waals surface area contributed by atoms with E-state index in [1.54, 1.807) is 0 Å². The van der Waals surface area contributed by atoms with Crippen LogP contribution in [-0.4, -0.2) is 12.8 Å². The van der Waals surface area contributed by atoms with E-state index < -0.39 is 0 Å². The first-order valence-corrected chi connectivity index (χ1v) is 8.10. The lowest BCUT2D eigenvalue weighted by molar-refractivity contribution is 0.516. The molecule has 3 heteroatoms. The summed E-state index contributed by atoms with van der Waals surface area (Å²) in [6.45, 7) is 2.18. The fraction of sp³-hybridized carbons (Fsp3) is 0.333. The van der Waals surface area contributed by atoms with E-state index in [1.165, 1.54) is 26.7 Å². The number of thiophene rings is 1. The minimum absolute atomic E-state index is 0.436. The summed E-state index contributed by atoms with van der Waals surface area (Å²) in [6.07, 6.45) is 0. The molecule has 1 aromatic carbocycles. The Balaban J connectivity index is 1.95. The second-order valence-electron chi connectivity index (χ2n) is 4.71. The maximum atomic E-state index is 3.51. The topological polar surface area (TPSA) is 12.0 Å². The zero-order valence-electron chi connectivity index (χ0n) is 10.6. The van der Waals surface area contributed by atoms with Gasteiger partial charge < -0.3 is 5.32 Å². The normalized spacial score (nSPS) is 19.8. The predicted molar refractivity (Wildman–Crippen MR) is 80.8 cm³/mol. The van der Waals surface area contributed by atoms with E-state index in [4.69, 9.17) is 0 Å². The molecule has 18 heavy (non-hydrogen) atoms. The molecule has 0 radical (unpaired) electrons. The number of rotatable bonds is 3. The number of thioether (sulfide) groups is 1. The lowest BCUT2D eigenvalue weighted by atomic mass is 9.90. The van der Waals surface area contributed by atoms with Crippen molar-refractivity contribution in [3.8, 4) is 0 Å². The Hall–Kier alpha value is -0.770. The molecular weight excluding hydrogens is 258 g/mol. The number of hydrogen-bond acceptors (Lipinski definition) is 3. The first-order chi connectivity index (χ1) is 8.79. The number of aryl methyl sites for hydroxylation is 1. The molecule has 1 aliphatic heterocycles. The van der Waals surface area contributed by atoms with Gasteiger partial charge in [0.1, 0.15) is 0 Å². The van der Waals surface area contributed by atoms with Crippen LogP contribution in [0.3, 0.4) is 0 Å². The van der Waals surface area contributed by atoms with Gasteiger partial charge in [0, 0.05) is 27.5 Å². The van der Waals surface area contributed by atoms with Crippen molar-refractivity contribution in [1.82, 2.24) is 5.32 Å². The van der Waals surface area contributed by atoms with Gasteiger partial charge in [-0.05, 0) is 42.6 Å². The maximum Gasteiger partial charge on any atom is 0.0404 e. The molecule has 3 rings (SSSR count). The van der Waals surface area contributed by atoms with Crippen LogP contribution in [0.5, 0.6) is 0 Å². The third-order valence-electron chi connectivity index (χ3n) is 3.56. The monoisotopic (exact) mass is 275 g/mol. The van der Waals surface area contributed by atoms with Gasteiger partial charge in [0.05, 0.1) is 0 Å². The summed E-state index contributed by atoms with van der Waals surface area (Å²) in [6, 6.07) is 11.6. The molecule has 1 aliphatic rings. The van der Waals surface area contributed by atoms with Crippen molar-refractivity contribution in [2.45, 2.75) is 23.8 Å². The number of hydrogen-bond donors (Lipinski definition) is 1. The van der Waals surface area contributed by atoms with E-state index in [1.807, 2.05) is 23.1 Å². The summed E-state index contributed by atoms with van der Waals surface area (Å²) in [5.41, 5.74) is 2.94. The average Bonchev–Trinajstić information content (AvgIpc) is 2.98. The Morgan fingerprint density at radius 3 is 2.89 bits per heavy atom. The van der Waals surface area contributed by atoms with Crippen LogP contribution in [0.25, 0.3) is 0 Å². The van der Waals surface area contributed by atoms with Crippen molar-refractivity contribution in [1.29, 1.82) is 0 Å². The number of benzene rings is 1. The van der Waals surface area contributed by atoms with Crippen LogP contribution >= 0.6 is 23.1 Å². The van der Waals surface area contributed by atoms with Crippen molar-refractivity contribution >= 4 is 23.1 Å². The van der Waals surface area contributed by atoms with Crippen molar-refractivity contribution in [3.63, 3.8) is 0 Å². The van der Waals surface area contributed by atoms with Gasteiger partial charge in [0.25, 0.3) is 0 Å². The van der Waals surface area contributed by atoms with Gasteiger partial charge >= 0.3 is 0 Å². The van der Waals surface area contributed by atoms with Crippen LogP contribution in [0.2, 0.25) is 0 Å². The van der Waals surface area contributed by atoms with Crippen LogP contribution in [0.4, 0.5) is 0 Å². The van der Waals surface area contributed by atoms with E-state index in [2.05, 4.69) is 55.0 Å². The van der Waals surface area contributed by atoms with Gasteiger partial charge in [-0.25, -0.2) is 0 Å². The molecule has 0 aliphatic carbocycles. The van der Waals surface area contributed by atoms with Gasteiger partial charge in [0.15, 0.2) is 0 Å². The first kappa shape index (κ1) is 12.3. The molecule has 0 amide bonds. The highest BCUT2D eigenvalue weighted by atomic mass is 32.2. The summed E-state index contributed by atoms with van der Waals surface area (Å²) < 4.78 is 0.